The van der Waals surface area contributed by atoms with Crippen molar-refractivity contribution in [3.8, 4) is 11.8 Å². The van der Waals surface area contributed by atoms with Crippen molar-refractivity contribution in [2.75, 3.05) is 0 Å². The second-order valence-corrected chi connectivity index (χ2v) is 12.0. The van der Waals surface area contributed by atoms with Crippen LogP contribution in [0.3, 0.4) is 0 Å². The van der Waals surface area contributed by atoms with Crippen molar-refractivity contribution in [3.05, 3.63) is 4.91 Å². The van der Waals surface area contributed by atoms with Gasteiger partial charge in [-0.2, -0.15) is 4.91 Å². The third-order valence-electron chi connectivity index (χ3n) is 10.1. The summed E-state index contributed by atoms with van der Waals surface area (Å²) in [5.74, 6) is 11.2. The molecule has 0 bridgehead atoms. The van der Waals surface area contributed by atoms with Crippen LogP contribution in [-0.4, -0.2) is 6.04 Å². The minimum Gasteiger partial charge on any atom is -0.150 e. The van der Waals surface area contributed by atoms with Crippen LogP contribution in [0.4, 0.5) is 0 Å². The van der Waals surface area contributed by atoms with E-state index in [4.69, 9.17) is 0 Å². The van der Waals surface area contributed by atoms with Crippen molar-refractivity contribution in [2.24, 2.45) is 51.5 Å². The van der Waals surface area contributed by atoms with Crippen molar-refractivity contribution in [1.29, 1.82) is 0 Å². The number of nitroso groups, excluding NO2 is 1. The van der Waals surface area contributed by atoms with Gasteiger partial charge in [-0.15, -0.1) is 11.8 Å². The highest BCUT2D eigenvalue weighted by atomic mass is 16.3. The average Bonchev–Trinajstić information content (AvgIpc) is 3.05. The summed E-state index contributed by atoms with van der Waals surface area (Å²) in [4.78, 5) is 11.8. The summed E-state index contributed by atoms with van der Waals surface area (Å²) in [7, 11) is 0. The summed E-state index contributed by atoms with van der Waals surface area (Å²) >= 11 is 0. The van der Waals surface area contributed by atoms with Gasteiger partial charge in [0.15, 0.2) is 0 Å². The van der Waals surface area contributed by atoms with E-state index in [0.29, 0.717) is 11.3 Å². The lowest BCUT2D eigenvalue weighted by Crippen LogP contribution is -2.53. The average molecular weight is 414 g/mol. The van der Waals surface area contributed by atoms with Crippen LogP contribution in [0.25, 0.3) is 0 Å². The van der Waals surface area contributed by atoms with Gasteiger partial charge in [0.1, 0.15) is 0 Å². The first-order valence-corrected chi connectivity index (χ1v) is 13.0. The standard InChI is InChI=1S/C28H47NO/c1-7-8-9-18-28(6)25-17-19-27(5)23(21(4)12-10-11-20(2)3)14-15-24(27)22(25)13-16-26(28)29-30/h20-26H,9-19H2,1-6H3/t21-,22+,23-,24+,25+,26?,27-,28-/m1/s1. The van der Waals surface area contributed by atoms with Gasteiger partial charge in [0.05, 0.1) is 6.04 Å². The van der Waals surface area contributed by atoms with Gasteiger partial charge in [-0.25, -0.2) is 0 Å². The normalized spacial score (nSPS) is 41.5. The van der Waals surface area contributed by atoms with Crippen LogP contribution in [0.1, 0.15) is 112 Å². The molecule has 0 radical (unpaired) electrons. The Morgan fingerprint density at radius 3 is 2.43 bits per heavy atom. The third-order valence-corrected chi connectivity index (χ3v) is 10.1. The summed E-state index contributed by atoms with van der Waals surface area (Å²) in [6.45, 7) is 14.2. The SMILES string of the molecule is CC#CCC[C@@]1(C)C(N=O)CC[C@H]2[C@@H]3CC[C@H]([C@H](C)CCCC(C)C)[C@@]3(C)CC[C@@H]21. The molecule has 0 aromatic rings. The van der Waals surface area contributed by atoms with Crippen LogP contribution < -0.4 is 0 Å². The van der Waals surface area contributed by atoms with Crippen LogP contribution in [0.2, 0.25) is 0 Å². The predicted molar refractivity (Wildman–Crippen MR) is 128 cm³/mol. The Bertz CT molecular complexity index is 645. The van der Waals surface area contributed by atoms with E-state index in [-0.39, 0.29) is 11.5 Å². The maximum atomic E-state index is 11.8. The van der Waals surface area contributed by atoms with E-state index in [0.717, 1.165) is 48.9 Å². The maximum absolute atomic E-state index is 11.8. The molecule has 2 nitrogen and oxygen atoms in total. The van der Waals surface area contributed by atoms with E-state index in [1.807, 2.05) is 6.92 Å². The Kier molecular flexibility index (Phi) is 7.74. The Morgan fingerprint density at radius 1 is 1.00 bits per heavy atom. The van der Waals surface area contributed by atoms with Gasteiger partial charge in [0.2, 0.25) is 0 Å². The second kappa shape index (κ2) is 9.75. The quantitative estimate of drug-likeness (QED) is 0.291. The fourth-order valence-corrected chi connectivity index (χ4v) is 8.44. The predicted octanol–water partition coefficient (Wildman–Crippen LogP) is 8.25. The van der Waals surface area contributed by atoms with Crippen LogP contribution >= 0.6 is 0 Å². The lowest BCUT2D eigenvalue weighted by Gasteiger charge is -2.58. The molecule has 0 saturated heterocycles. The van der Waals surface area contributed by atoms with E-state index in [1.165, 1.54) is 51.4 Å². The molecule has 30 heavy (non-hydrogen) atoms. The number of hydrogen-bond donors (Lipinski definition) is 0. The summed E-state index contributed by atoms with van der Waals surface area (Å²) in [5.41, 5.74) is 0.570. The van der Waals surface area contributed by atoms with Crippen molar-refractivity contribution >= 4 is 0 Å². The van der Waals surface area contributed by atoms with Crippen LogP contribution in [0.5, 0.6) is 0 Å². The van der Waals surface area contributed by atoms with Crippen LogP contribution in [0.15, 0.2) is 5.18 Å². The van der Waals surface area contributed by atoms with Gasteiger partial charge in [-0.05, 0) is 98.2 Å². The van der Waals surface area contributed by atoms with Gasteiger partial charge in [0, 0.05) is 6.42 Å². The molecule has 3 aliphatic rings. The Labute approximate surface area is 186 Å². The highest BCUT2D eigenvalue weighted by molar-refractivity contribution is 5.11. The molecule has 8 atom stereocenters. The Morgan fingerprint density at radius 2 is 1.77 bits per heavy atom. The van der Waals surface area contributed by atoms with Gasteiger partial charge in [-0.3, -0.25) is 0 Å². The fourth-order valence-electron chi connectivity index (χ4n) is 8.44. The van der Waals surface area contributed by atoms with Gasteiger partial charge in [-0.1, -0.05) is 59.1 Å². The Balaban J connectivity index is 1.74. The topological polar surface area (TPSA) is 29.4 Å². The van der Waals surface area contributed by atoms with Crippen LogP contribution in [0, 0.1) is 63.1 Å². The molecule has 0 amide bonds. The third kappa shape index (κ3) is 4.38. The minimum atomic E-state index is -0.00563. The molecule has 3 aliphatic carbocycles. The molecule has 0 aromatic carbocycles. The minimum absolute atomic E-state index is 0.00563. The van der Waals surface area contributed by atoms with E-state index >= 15 is 0 Å². The molecule has 0 aliphatic heterocycles. The number of nitrogens with zero attached hydrogens (tertiary/aromatic N) is 1. The molecule has 0 aromatic heterocycles. The molecule has 0 N–H and O–H groups in total. The number of hydrogen-bond acceptors (Lipinski definition) is 2. The van der Waals surface area contributed by atoms with Gasteiger partial charge in [0.25, 0.3) is 0 Å². The lowest BCUT2D eigenvalue weighted by molar-refractivity contribution is -0.0848. The first-order valence-electron chi connectivity index (χ1n) is 13.0. The number of fused-ring (bicyclic) bond motifs is 3. The molecule has 170 valence electrons. The fraction of sp³-hybridized carbons (Fsp3) is 0.929. The molecule has 0 spiro atoms. The van der Waals surface area contributed by atoms with E-state index in [2.05, 4.69) is 51.6 Å². The zero-order chi connectivity index (χ0) is 21.9. The number of rotatable bonds is 8. The van der Waals surface area contributed by atoms with E-state index in [9.17, 15) is 4.91 Å². The molecule has 3 fully saturated rings. The smallest absolute Gasteiger partial charge is 0.0976 e. The van der Waals surface area contributed by atoms with E-state index in [1.54, 1.807) is 0 Å². The summed E-state index contributed by atoms with van der Waals surface area (Å²) in [6.07, 6.45) is 13.9. The van der Waals surface area contributed by atoms with Crippen molar-refractivity contribution in [1.82, 2.24) is 0 Å². The first-order chi connectivity index (χ1) is 14.3. The molecule has 1 unspecified atom stereocenters. The summed E-state index contributed by atoms with van der Waals surface area (Å²) in [6, 6.07) is -0.00563. The summed E-state index contributed by atoms with van der Waals surface area (Å²) < 4.78 is 0. The maximum Gasteiger partial charge on any atom is 0.0976 e. The molecular formula is C28H47NO. The van der Waals surface area contributed by atoms with Crippen molar-refractivity contribution in [2.45, 2.75) is 118 Å². The molecule has 2 heteroatoms. The van der Waals surface area contributed by atoms with Gasteiger partial charge >= 0.3 is 0 Å². The van der Waals surface area contributed by atoms with Gasteiger partial charge < -0.3 is 0 Å². The molecule has 3 rings (SSSR count). The lowest BCUT2D eigenvalue weighted by atomic mass is 9.47. The highest BCUT2D eigenvalue weighted by Crippen LogP contribution is 2.66. The summed E-state index contributed by atoms with van der Waals surface area (Å²) in [5, 5.41) is 3.67. The zero-order valence-corrected chi connectivity index (χ0v) is 20.7. The second-order valence-electron chi connectivity index (χ2n) is 12.0. The molecular weight excluding hydrogens is 366 g/mol. The first kappa shape index (κ1) is 23.8. The Hall–Kier alpha value is -0.840. The van der Waals surface area contributed by atoms with Crippen molar-refractivity contribution < 1.29 is 0 Å². The van der Waals surface area contributed by atoms with E-state index < -0.39 is 0 Å². The zero-order valence-electron chi connectivity index (χ0n) is 20.7. The monoisotopic (exact) mass is 413 g/mol. The van der Waals surface area contributed by atoms with Crippen LogP contribution in [-0.2, 0) is 0 Å². The highest BCUT2D eigenvalue weighted by Gasteiger charge is 2.60. The molecule has 3 saturated carbocycles. The largest absolute Gasteiger partial charge is 0.150 e. The van der Waals surface area contributed by atoms with Crippen molar-refractivity contribution in [3.63, 3.8) is 0 Å². The molecule has 0 heterocycles.